The molecule has 0 radical (unpaired) electrons. The monoisotopic (exact) mass is 395 g/mol. The van der Waals surface area contributed by atoms with Crippen molar-refractivity contribution in [3.05, 3.63) is 61.1 Å². The van der Waals surface area contributed by atoms with Crippen LogP contribution < -0.4 is 21.1 Å². The van der Waals surface area contributed by atoms with Crippen molar-refractivity contribution in [3.63, 3.8) is 0 Å². The van der Waals surface area contributed by atoms with Crippen LogP contribution in [0.5, 0.6) is 5.75 Å². The summed E-state index contributed by atoms with van der Waals surface area (Å²) >= 11 is 0. The number of carbonyl (C=O) groups excluding carboxylic acids is 1. The van der Waals surface area contributed by atoms with Gasteiger partial charge in [-0.3, -0.25) is 4.79 Å². The lowest BCUT2D eigenvalue weighted by atomic mass is 9.92. The molecule has 4 bridgehead atoms. The second kappa shape index (κ2) is 7.90. The Kier molecular flexibility index (Phi) is 5.16. The van der Waals surface area contributed by atoms with Gasteiger partial charge in [0.2, 0.25) is 11.9 Å². The second-order valence-electron chi connectivity index (χ2n) is 7.18. The molecule has 1 aromatic heterocycles. The van der Waals surface area contributed by atoms with E-state index >= 15 is 0 Å². The van der Waals surface area contributed by atoms with Crippen LogP contribution in [0.1, 0.15) is 6.42 Å². The molecule has 8 heteroatoms. The third kappa shape index (κ3) is 3.91. The van der Waals surface area contributed by atoms with Gasteiger partial charge in [-0.05, 0) is 30.4 Å². The van der Waals surface area contributed by atoms with Crippen molar-refractivity contribution in [3.8, 4) is 5.75 Å². The molecule has 1 aliphatic heterocycles. The van der Waals surface area contributed by atoms with Crippen LogP contribution in [0.25, 0.3) is 0 Å². The average molecular weight is 395 g/mol. The van der Waals surface area contributed by atoms with Gasteiger partial charge in [0.1, 0.15) is 12.4 Å². The van der Waals surface area contributed by atoms with Crippen molar-refractivity contribution in [1.29, 1.82) is 0 Å². The SMILES string of the molecule is C=C[C@@H]1C[C@@H]2/C=C\COc3cccc(c3)Nc3ncc(F)c(n3)N[C@H]2[C@H]1C(N)=O. The molecule has 1 aliphatic carbocycles. The fourth-order valence-electron chi connectivity index (χ4n) is 4.02. The van der Waals surface area contributed by atoms with Crippen LogP contribution >= 0.6 is 0 Å². The minimum Gasteiger partial charge on any atom is -0.489 e. The molecule has 0 saturated heterocycles. The number of anilines is 3. The summed E-state index contributed by atoms with van der Waals surface area (Å²) in [4.78, 5) is 20.4. The summed E-state index contributed by atoms with van der Waals surface area (Å²) in [5, 5.41) is 6.14. The fourth-order valence-corrected chi connectivity index (χ4v) is 4.02. The van der Waals surface area contributed by atoms with Crippen molar-refractivity contribution in [2.75, 3.05) is 17.2 Å². The zero-order chi connectivity index (χ0) is 20.4. The van der Waals surface area contributed by atoms with E-state index in [2.05, 4.69) is 27.2 Å². The molecule has 0 unspecified atom stereocenters. The van der Waals surface area contributed by atoms with E-state index in [-0.39, 0.29) is 23.6 Å². The van der Waals surface area contributed by atoms with E-state index in [9.17, 15) is 9.18 Å². The van der Waals surface area contributed by atoms with Crippen molar-refractivity contribution in [2.24, 2.45) is 23.5 Å². The Hall–Kier alpha value is -3.42. The van der Waals surface area contributed by atoms with E-state index in [1.165, 1.54) is 0 Å². The van der Waals surface area contributed by atoms with E-state index in [1.807, 2.05) is 36.4 Å². The summed E-state index contributed by atoms with van der Waals surface area (Å²) in [6.07, 6.45) is 7.37. The van der Waals surface area contributed by atoms with Crippen LogP contribution in [-0.4, -0.2) is 28.5 Å². The lowest BCUT2D eigenvalue weighted by Gasteiger charge is -2.25. The molecule has 4 N–H and O–H groups in total. The number of rotatable bonds is 2. The predicted molar refractivity (Wildman–Crippen MR) is 108 cm³/mol. The van der Waals surface area contributed by atoms with Crippen LogP contribution in [0, 0.1) is 23.6 Å². The Morgan fingerprint density at radius 2 is 2.28 bits per heavy atom. The standard InChI is InChI=1S/C21H22FN5O2/c1-2-12-9-13-5-4-8-29-15-7-3-6-14(10-15)25-21-24-11-16(22)20(27-21)26-18(13)17(12)19(23)28/h2-7,10-13,17-18H,1,8-9H2,(H2,23,28)(H2,24,25,26,27)/b5-4-/t12-,13+,17+,18-/m1/s1. The molecular weight excluding hydrogens is 373 g/mol. The summed E-state index contributed by atoms with van der Waals surface area (Å²) in [5.41, 5.74) is 6.38. The zero-order valence-electron chi connectivity index (χ0n) is 15.7. The largest absolute Gasteiger partial charge is 0.489 e. The third-order valence-electron chi connectivity index (χ3n) is 5.35. The second-order valence-corrected chi connectivity index (χ2v) is 7.18. The molecule has 1 saturated carbocycles. The first kappa shape index (κ1) is 18.9. The zero-order valence-corrected chi connectivity index (χ0v) is 15.7. The molecule has 4 rings (SSSR count). The van der Waals surface area contributed by atoms with Crippen LogP contribution in [0.2, 0.25) is 0 Å². The molecule has 2 aliphatic rings. The van der Waals surface area contributed by atoms with Crippen molar-refractivity contribution < 1.29 is 13.9 Å². The molecule has 150 valence electrons. The normalized spacial score (nSPS) is 26.7. The van der Waals surface area contributed by atoms with Gasteiger partial charge in [0.15, 0.2) is 11.6 Å². The average Bonchev–Trinajstić information content (AvgIpc) is 3.05. The molecule has 7 nitrogen and oxygen atoms in total. The van der Waals surface area contributed by atoms with E-state index < -0.39 is 23.7 Å². The number of hydrogen-bond donors (Lipinski definition) is 3. The Morgan fingerprint density at radius 1 is 1.41 bits per heavy atom. The minimum atomic E-state index is -0.604. The predicted octanol–water partition coefficient (Wildman–Crippen LogP) is 3.01. The Morgan fingerprint density at radius 3 is 3.07 bits per heavy atom. The number of halogens is 1. The van der Waals surface area contributed by atoms with Gasteiger partial charge in [-0.2, -0.15) is 4.98 Å². The molecule has 1 fully saturated rings. The highest BCUT2D eigenvalue weighted by atomic mass is 19.1. The number of allylic oxidation sites excluding steroid dienone is 1. The Labute approximate surface area is 167 Å². The maximum absolute atomic E-state index is 14.5. The molecule has 2 heterocycles. The molecule has 29 heavy (non-hydrogen) atoms. The van der Waals surface area contributed by atoms with E-state index in [1.54, 1.807) is 6.08 Å². The highest BCUT2D eigenvalue weighted by Gasteiger charge is 2.44. The van der Waals surface area contributed by atoms with Gasteiger partial charge in [0.25, 0.3) is 0 Å². The molecule has 0 spiro atoms. The Balaban J connectivity index is 1.76. The van der Waals surface area contributed by atoms with E-state index in [0.717, 1.165) is 6.20 Å². The maximum atomic E-state index is 14.5. The van der Waals surface area contributed by atoms with E-state index in [4.69, 9.17) is 10.5 Å². The molecule has 1 aromatic carbocycles. The third-order valence-corrected chi connectivity index (χ3v) is 5.35. The van der Waals surface area contributed by atoms with Crippen molar-refractivity contribution in [2.45, 2.75) is 12.5 Å². The number of amides is 1. The Bertz CT molecular complexity index is 964. The van der Waals surface area contributed by atoms with Crippen LogP contribution in [-0.2, 0) is 4.79 Å². The summed E-state index contributed by atoms with van der Waals surface area (Å²) < 4.78 is 20.2. The molecule has 4 atom stereocenters. The smallest absolute Gasteiger partial charge is 0.229 e. The number of carbonyl (C=O) groups is 1. The summed E-state index contributed by atoms with van der Waals surface area (Å²) in [5.74, 6) is -0.854. The quantitative estimate of drug-likeness (QED) is 0.676. The number of nitrogens with zero attached hydrogens (tertiary/aromatic N) is 2. The number of fused-ring (bicyclic) bond motifs is 5. The first-order chi connectivity index (χ1) is 14.0. The molecule has 2 aromatic rings. The van der Waals surface area contributed by atoms with Crippen LogP contribution in [0.4, 0.5) is 21.8 Å². The summed E-state index contributed by atoms with van der Waals surface area (Å²) in [6.45, 7) is 4.20. The number of hydrogen-bond acceptors (Lipinski definition) is 6. The highest BCUT2D eigenvalue weighted by molar-refractivity contribution is 5.79. The maximum Gasteiger partial charge on any atom is 0.229 e. The first-order valence-corrected chi connectivity index (χ1v) is 9.42. The number of nitrogens with one attached hydrogen (secondary N) is 2. The van der Waals surface area contributed by atoms with Crippen molar-refractivity contribution in [1.82, 2.24) is 9.97 Å². The van der Waals surface area contributed by atoms with Gasteiger partial charge < -0.3 is 21.1 Å². The number of primary amides is 1. The van der Waals surface area contributed by atoms with Gasteiger partial charge in [-0.25, -0.2) is 9.37 Å². The fraction of sp³-hybridized carbons (Fsp3) is 0.286. The van der Waals surface area contributed by atoms with Gasteiger partial charge >= 0.3 is 0 Å². The van der Waals surface area contributed by atoms with Gasteiger partial charge in [-0.1, -0.05) is 24.3 Å². The number of nitrogens with two attached hydrogens (primary N) is 1. The lowest BCUT2D eigenvalue weighted by molar-refractivity contribution is -0.122. The summed E-state index contributed by atoms with van der Waals surface area (Å²) in [6, 6.07) is 6.91. The summed E-state index contributed by atoms with van der Waals surface area (Å²) in [7, 11) is 0. The number of ether oxygens (including phenoxy) is 1. The van der Waals surface area contributed by atoms with Crippen LogP contribution in [0.3, 0.4) is 0 Å². The first-order valence-electron chi connectivity index (χ1n) is 9.42. The minimum absolute atomic E-state index is 0.0197. The number of aromatic nitrogens is 2. The highest BCUT2D eigenvalue weighted by Crippen LogP contribution is 2.40. The molecular formula is C21H22FN5O2. The number of benzene rings is 1. The van der Waals surface area contributed by atoms with Gasteiger partial charge in [0, 0.05) is 17.8 Å². The lowest BCUT2D eigenvalue weighted by Crippen LogP contribution is -2.40. The van der Waals surface area contributed by atoms with Crippen molar-refractivity contribution >= 4 is 23.4 Å². The van der Waals surface area contributed by atoms with Gasteiger partial charge in [-0.15, -0.1) is 6.58 Å². The topological polar surface area (TPSA) is 102 Å². The van der Waals surface area contributed by atoms with Crippen LogP contribution in [0.15, 0.2) is 55.3 Å². The van der Waals surface area contributed by atoms with Gasteiger partial charge in [0.05, 0.1) is 12.1 Å². The molecule has 1 amide bonds. The van der Waals surface area contributed by atoms with E-state index in [0.29, 0.717) is 24.5 Å².